The van der Waals surface area contributed by atoms with Crippen LogP contribution in [0, 0.1) is 105 Å². The standard InChI is InChI=1S/C31H47NO12S.2Ac/c1-14-18(44-27(37)23(40-8)15(2)32-16(3)33)11-31(39)26(43-17(4)34)24-29(7,25(36)22(35)21(14)28(31,5)6)19(42-13-45-9)10-20-30(24,38)12-41-20;;/h15,18-20,22-24,26,35,38-39H,10-13H2,1-9H3,(H,32,33);;/t15-,18-,19?,20?,22+,23+,24-,26-,29+,30-,31+;;/m0../s1. The Kier molecular flexibility index (Phi) is 15.2. The van der Waals surface area contributed by atoms with E-state index in [-0.39, 0.29) is 125 Å². The molecule has 13 nitrogen and oxygen atoms in total. The van der Waals surface area contributed by atoms with Crippen LogP contribution in [-0.4, -0.2) is 119 Å². The van der Waals surface area contributed by atoms with Gasteiger partial charge in [-0.3, -0.25) is 14.4 Å². The van der Waals surface area contributed by atoms with Gasteiger partial charge >= 0.3 is 11.9 Å². The largest absolute Gasteiger partial charge is 0.459 e. The first kappa shape index (κ1) is 44.0. The number of amides is 1. The molecule has 4 N–H and O–H groups in total. The number of ketones is 1. The predicted octanol–water partition coefficient (Wildman–Crippen LogP) is 0.652. The van der Waals surface area contributed by atoms with Crippen LogP contribution in [0.4, 0.5) is 0 Å². The first-order chi connectivity index (χ1) is 20.8. The van der Waals surface area contributed by atoms with Crippen molar-refractivity contribution in [1.82, 2.24) is 5.32 Å². The Morgan fingerprint density at radius 1 is 1.13 bits per heavy atom. The van der Waals surface area contributed by atoms with Crippen LogP contribution in [0.3, 0.4) is 0 Å². The fraction of sp³-hybridized carbons (Fsp3) is 0.806. The van der Waals surface area contributed by atoms with Crippen molar-refractivity contribution in [2.75, 3.05) is 25.9 Å². The minimum absolute atomic E-state index is 0. The van der Waals surface area contributed by atoms with Crippen LogP contribution in [0.2, 0.25) is 0 Å². The van der Waals surface area contributed by atoms with Gasteiger partial charge in [-0.15, -0.1) is 11.8 Å². The molecule has 4 aliphatic rings. The van der Waals surface area contributed by atoms with Gasteiger partial charge in [0.05, 0.1) is 36.2 Å². The monoisotopic (exact) mass is 1110 g/mol. The number of ether oxygens (including phenoxy) is 5. The van der Waals surface area contributed by atoms with Crippen LogP contribution >= 0.6 is 11.8 Å². The first-order valence-corrected chi connectivity index (χ1v) is 16.5. The van der Waals surface area contributed by atoms with E-state index >= 15 is 0 Å². The van der Waals surface area contributed by atoms with Crippen molar-refractivity contribution in [2.24, 2.45) is 16.7 Å². The van der Waals surface area contributed by atoms with Gasteiger partial charge in [0.15, 0.2) is 11.9 Å². The minimum Gasteiger partial charge on any atom is -0.459 e. The molecule has 47 heavy (non-hydrogen) atoms. The molecule has 0 aromatic carbocycles. The number of rotatable bonds is 9. The fourth-order valence-electron chi connectivity index (χ4n) is 8.28. The number of Topliss-reactive ketones (excluding diaryl/α,β-unsaturated/α-hetero) is 1. The third-order valence-electron chi connectivity index (χ3n) is 10.7. The van der Waals surface area contributed by atoms with Crippen molar-refractivity contribution in [3.05, 3.63) is 11.1 Å². The molecule has 16 heteroatoms. The van der Waals surface area contributed by atoms with Crippen LogP contribution in [-0.2, 0) is 42.9 Å². The summed E-state index contributed by atoms with van der Waals surface area (Å²) in [7, 11) is 1.29. The van der Waals surface area contributed by atoms with Crippen molar-refractivity contribution in [2.45, 2.75) is 115 Å². The number of hydrogen-bond acceptors (Lipinski definition) is 13. The van der Waals surface area contributed by atoms with Gasteiger partial charge in [-0.1, -0.05) is 13.8 Å². The van der Waals surface area contributed by atoms with Crippen molar-refractivity contribution >= 4 is 35.4 Å². The molecule has 1 saturated heterocycles. The Hall–Kier alpha value is 0.813. The molecular weight excluding hydrogens is 1060 g/mol. The average molecular weight is 1110 g/mol. The molecular formula is C31H47Ac2NO12S. The molecule has 3 fully saturated rings. The zero-order valence-corrected chi connectivity index (χ0v) is 38.8. The predicted molar refractivity (Wildman–Crippen MR) is 161 cm³/mol. The quantitative estimate of drug-likeness (QED) is 0.144. The number of methoxy groups -OCH3 is 1. The molecule has 1 heterocycles. The van der Waals surface area contributed by atoms with Gasteiger partial charge in [0.1, 0.15) is 29.5 Å². The third-order valence-corrected chi connectivity index (χ3v) is 11.0. The molecule has 0 aromatic heterocycles. The van der Waals surface area contributed by atoms with Gasteiger partial charge in [0, 0.05) is 133 Å². The maximum Gasteiger partial charge on any atom is 0.337 e. The van der Waals surface area contributed by atoms with E-state index in [0.29, 0.717) is 5.57 Å². The number of aliphatic hydroxyl groups excluding tert-OH is 1. The van der Waals surface area contributed by atoms with E-state index in [4.69, 9.17) is 23.7 Å². The van der Waals surface area contributed by atoms with E-state index in [1.54, 1.807) is 34.6 Å². The van der Waals surface area contributed by atoms with Crippen LogP contribution in [0.1, 0.15) is 61.3 Å². The second-order valence-corrected chi connectivity index (χ2v) is 14.4. The summed E-state index contributed by atoms with van der Waals surface area (Å²) in [6.45, 7) is 10.3. The minimum atomic E-state index is -2.09. The first-order valence-electron chi connectivity index (χ1n) is 15.1. The molecule has 2 radical (unpaired) electrons. The van der Waals surface area contributed by atoms with E-state index in [0.717, 1.165) is 0 Å². The Balaban J connectivity index is 0.00000384. The zero-order chi connectivity index (χ0) is 33.9. The van der Waals surface area contributed by atoms with Gasteiger partial charge in [-0.2, -0.15) is 0 Å². The Bertz CT molecular complexity index is 1270. The number of aliphatic hydroxyl groups is 3. The van der Waals surface area contributed by atoms with Crippen LogP contribution in [0.5, 0.6) is 0 Å². The molecule has 11 atom stereocenters. The summed E-state index contributed by atoms with van der Waals surface area (Å²) in [5, 5.41) is 39.6. The second kappa shape index (κ2) is 16.2. The van der Waals surface area contributed by atoms with E-state index in [1.165, 1.54) is 32.7 Å². The van der Waals surface area contributed by atoms with Gasteiger partial charge in [-0.05, 0) is 38.2 Å². The Labute approximate surface area is 351 Å². The molecule has 4 rings (SSSR count). The number of fused-ring (bicyclic) bond motifs is 5. The molecule has 2 saturated carbocycles. The van der Waals surface area contributed by atoms with E-state index in [2.05, 4.69) is 5.32 Å². The normalized spacial score (nSPS) is 38.3. The zero-order valence-electron chi connectivity index (χ0n) is 28.5. The topological polar surface area (TPSA) is 187 Å². The Morgan fingerprint density at radius 2 is 1.74 bits per heavy atom. The van der Waals surface area contributed by atoms with Crippen molar-refractivity contribution < 1.29 is 146 Å². The number of carbonyl (C=O) groups excluding carboxylic acids is 4. The molecule has 3 aliphatic carbocycles. The number of thioether (sulfide) groups is 1. The van der Waals surface area contributed by atoms with E-state index in [1.807, 2.05) is 6.26 Å². The second-order valence-electron chi connectivity index (χ2n) is 13.6. The summed E-state index contributed by atoms with van der Waals surface area (Å²) in [5.74, 6) is -3.76. The van der Waals surface area contributed by atoms with Crippen LogP contribution < -0.4 is 5.32 Å². The summed E-state index contributed by atoms with van der Waals surface area (Å²) >= 11 is 1.38. The van der Waals surface area contributed by atoms with E-state index in [9.17, 15) is 34.5 Å². The van der Waals surface area contributed by atoms with Crippen molar-refractivity contribution in [3.63, 3.8) is 0 Å². The van der Waals surface area contributed by atoms with E-state index < -0.39 is 88.3 Å². The van der Waals surface area contributed by atoms with Crippen LogP contribution in [0.25, 0.3) is 0 Å². The number of carbonyl (C=O) groups is 4. The summed E-state index contributed by atoms with van der Waals surface area (Å²) < 4.78 is 29.1. The van der Waals surface area contributed by atoms with Gasteiger partial charge in [-0.25, -0.2) is 4.79 Å². The maximum absolute atomic E-state index is 14.7. The SMILES string of the molecule is CO[C@@H](C(=O)O[C@H]1C[C@@]2(O)[C@@H](OC(C)=O)[C@@H]3[C@]4(O)COC4CC(OCSC)[C@@]3(C)C(=O)[C@H](O)C(=C1C)C2(C)C)[C@H](C)NC(C)=O.[Ac].[Ac]. The molecule has 1 amide bonds. The van der Waals surface area contributed by atoms with Crippen molar-refractivity contribution in [3.8, 4) is 0 Å². The third kappa shape index (κ3) is 7.39. The molecule has 2 unspecified atom stereocenters. The molecule has 0 aromatic rings. The maximum atomic E-state index is 14.7. The summed E-state index contributed by atoms with van der Waals surface area (Å²) in [6.07, 6.45) is -5.74. The average Bonchev–Trinajstić information content (AvgIpc) is 2.92. The van der Waals surface area contributed by atoms with Gasteiger partial charge in [0.25, 0.3) is 0 Å². The summed E-state index contributed by atoms with van der Waals surface area (Å²) in [5.41, 5.74) is -6.42. The number of nitrogens with one attached hydrogen (secondary N) is 1. The smallest absolute Gasteiger partial charge is 0.337 e. The Morgan fingerprint density at radius 3 is 2.23 bits per heavy atom. The number of hydrogen-bond donors (Lipinski definition) is 4. The fourth-order valence-corrected chi connectivity index (χ4v) is 8.58. The summed E-state index contributed by atoms with van der Waals surface area (Å²) in [4.78, 5) is 52.5. The molecule has 0 spiro atoms. The molecule has 2 bridgehead atoms. The molecule has 260 valence electrons. The summed E-state index contributed by atoms with van der Waals surface area (Å²) in [6, 6.07) is -0.770. The van der Waals surface area contributed by atoms with Crippen LogP contribution in [0.15, 0.2) is 11.1 Å². The van der Waals surface area contributed by atoms with Gasteiger partial charge < -0.3 is 44.3 Å². The molecule has 1 aliphatic heterocycles. The van der Waals surface area contributed by atoms with Gasteiger partial charge in [0.2, 0.25) is 5.91 Å². The van der Waals surface area contributed by atoms with Crippen molar-refractivity contribution in [1.29, 1.82) is 0 Å². The number of esters is 2.